The molecule has 1 fully saturated rings. The van der Waals surface area contributed by atoms with Crippen LogP contribution in [0.5, 0.6) is 0 Å². The lowest BCUT2D eigenvalue weighted by atomic mass is 10.0. The first-order valence-electron chi connectivity index (χ1n) is 7.82. The minimum Gasteiger partial charge on any atom is -0.394 e. The summed E-state index contributed by atoms with van der Waals surface area (Å²) in [6, 6.07) is 6.45. The molecule has 3 atom stereocenters. The Labute approximate surface area is 142 Å². The number of aliphatic hydroxyl groups excluding tert-OH is 2. The van der Waals surface area contributed by atoms with Crippen molar-refractivity contribution in [2.75, 3.05) is 6.61 Å². The molecule has 3 rings (SSSR count). The molecule has 0 spiro atoms. The van der Waals surface area contributed by atoms with Gasteiger partial charge in [0.15, 0.2) is 5.78 Å². The van der Waals surface area contributed by atoms with Crippen LogP contribution < -0.4 is 11.2 Å². The topological polar surface area (TPSA) is 122 Å². The number of nitrogens with one attached hydrogen (secondary N) is 1. The fourth-order valence-corrected chi connectivity index (χ4v) is 2.84. The van der Waals surface area contributed by atoms with Crippen molar-refractivity contribution in [1.82, 2.24) is 9.55 Å². The minimum atomic E-state index is -0.896. The number of carbonyl (C=O) groups is 1. The van der Waals surface area contributed by atoms with E-state index in [1.807, 2.05) is 0 Å². The number of nitrogens with zero attached hydrogens (tertiary/aromatic N) is 1. The molecule has 2 aromatic rings. The molecule has 8 heteroatoms. The van der Waals surface area contributed by atoms with Gasteiger partial charge in [-0.05, 0) is 12.5 Å². The Kier molecular flexibility index (Phi) is 4.67. The Morgan fingerprint density at radius 2 is 2.00 bits per heavy atom. The summed E-state index contributed by atoms with van der Waals surface area (Å²) >= 11 is 0. The number of carbonyl (C=O) groups excluding carboxylic acids is 1. The van der Waals surface area contributed by atoms with E-state index in [1.54, 1.807) is 24.3 Å². The number of aliphatic hydroxyl groups is 2. The van der Waals surface area contributed by atoms with Crippen molar-refractivity contribution in [3.05, 3.63) is 56.9 Å². The van der Waals surface area contributed by atoms with E-state index in [1.165, 1.54) is 17.7 Å². The van der Waals surface area contributed by atoms with Gasteiger partial charge in [0.2, 0.25) is 0 Å². The number of ether oxygens (including phenoxy) is 1. The molecule has 0 bridgehead atoms. The van der Waals surface area contributed by atoms with Crippen LogP contribution in [0.3, 0.4) is 0 Å². The van der Waals surface area contributed by atoms with E-state index in [2.05, 4.69) is 4.98 Å². The molecular formula is C17H18N2O6. The fourth-order valence-electron chi connectivity index (χ4n) is 2.84. The molecule has 3 N–H and O–H groups in total. The van der Waals surface area contributed by atoms with Gasteiger partial charge in [0.1, 0.15) is 12.3 Å². The quantitative estimate of drug-likeness (QED) is 0.673. The predicted octanol–water partition coefficient (Wildman–Crippen LogP) is 0.0469. The fraction of sp³-hybridized carbons (Fsp3) is 0.353. The highest BCUT2D eigenvalue weighted by Crippen LogP contribution is 2.28. The predicted molar refractivity (Wildman–Crippen MR) is 88.4 cm³/mol. The maximum absolute atomic E-state index is 12.1. The first-order chi connectivity index (χ1) is 11.9. The van der Waals surface area contributed by atoms with Gasteiger partial charge in [-0.2, -0.15) is 0 Å². The van der Waals surface area contributed by atoms with Gasteiger partial charge in [0, 0.05) is 18.2 Å². The largest absolute Gasteiger partial charge is 0.394 e. The standard InChI is InChI=1S/C17H18N2O6/c1-9(21)10-2-4-11(5-3-10)12-7-19(17(24)18-16(12)23)15-6-13(22)14(8-20)25-15/h2-5,7,13-15,20,22H,6,8H2,1H3,(H,18,23,24)/t13-,14+,15+/m0/s1. The first-order valence-corrected chi connectivity index (χ1v) is 7.82. The van der Waals surface area contributed by atoms with Crippen molar-refractivity contribution in [3.8, 4) is 11.1 Å². The number of benzene rings is 1. The lowest BCUT2D eigenvalue weighted by molar-refractivity contribution is -0.0458. The third kappa shape index (κ3) is 3.32. The van der Waals surface area contributed by atoms with Gasteiger partial charge in [-0.15, -0.1) is 0 Å². The molecule has 2 heterocycles. The van der Waals surface area contributed by atoms with Gasteiger partial charge in [0.25, 0.3) is 5.56 Å². The van der Waals surface area contributed by atoms with Crippen LogP contribution in [0.1, 0.15) is 29.9 Å². The van der Waals surface area contributed by atoms with Crippen LogP contribution in [0.15, 0.2) is 40.1 Å². The number of hydrogen-bond donors (Lipinski definition) is 3. The molecule has 1 aliphatic heterocycles. The Morgan fingerprint density at radius 1 is 1.32 bits per heavy atom. The highest BCUT2D eigenvalue weighted by Gasteiger charge is 2.35. The smallest absolute Gasteiger partial charge is 0.330 e. The average Bonchev–Trinajstić information content (AvgIpc) is 2.95. The van der Waals surface area contributed by atoms with Gasteiger partial charge >= 0.3 is 5.69 Å². The highest BCUT2D eigenvalue weighted by atomic mass is 16.5. The number of ketones is 1. The molecule has 0 radical (unpaired) electrons. The molecule has 25 heavy (non-hydrogen) atoms. The number of Topliss-reactive ketones (excluding diaryl/α,β-unsaturated/α-hetero) is 1. The Hall–Kier alpha value is -2.55. The van der Waals surface area contributed by atoms with Gasteiger partial charge < -0.3 is 14.9 Å². The normalized spacial score (nSPS) is 22.9. The molecule has 0 unspecified atom stereocenters. The minimum absolute atomic E-state index is 0.0891. The first kappa shape index (κ1) is 17.3. The summed E-state index contributed by atoms with van der Waals surface area (Å²) in [6.45, 7) is 1.08. The zero-order valence-electron chi connectivity index (χ0n) is 13.5. The molecular weight excluding hydrogens is 328 g/mol. The van der Waals surface area contributed by atoms with Crippen molar-refractivity contribution < 1.29 is 19.7 Å². The zero-order valence-corrected chi connectivity index (χ0v) is 13.5. The molecule has 0 saturated carbocycles. The average molecular weight is 346 g/mol. The van der Waals surface area contributed by atoms with Crippen molar-refractivity contribution >= 4 is 5.78 Å². The summed E-state index contributed by atoms with van der Waals surface area (Å²) in [6.07, 6.45) is -0.970. The molecule has 1 aliphatic rings. The number of aromatic nitrogens is 2. The summed E-state index contributed by atoms with van der Waals surface area (Å²) in [4.78, 5) is 37.8. The number of rotatable bonds is 4. The Bertz CT molecular complexity index is 899. The van der Waals surface area contributed by atoms with Crippen molar-refractivity contribution in [1.29, 1.82) is 0 Å². The summed E-state index contributed by atoms with van der Waals surface area (Å²) in [5.41, 5.74) is 0.0676. The van der Waals surface area contributed by atoms with Gasteiger partial charge in [0.05, 0.1) is 18.3 Å². The molecule has 1 saturated heterocycles. The van der Waals surface area contributed by atoms with Crippen molar-refractivity contribution in [2.24, 2.45) is 0 Å². The van der Waals surface area contributed by atoms with Crippen LogP contribution in [0.4, 0.5) is 0 Å². The maximum atomic E-state index is 12.1. The van der Waals surface area contributed by atoms with Crippen LogP contribution in [-0.4, -0.2) is 44.4 Å². The summed E-state index contributed by atoms with van der Waals surface area (Å²) in [5.74, 6) is -0.0891. The molecule has 0 aliphatic carbocycles. The monoisotopic (exact) mass is 346 g/mol. The highest BCUT2D eigenvalue weighted by molar-refractivity contribution is 5.94. The van der Waals surface area contributed by atoms with Gasteiger partial charge in [-0.1, -0.05) is 24.3 Å². The Morgan fingerprint density at radius 3 is 2.56 bits per heavy atom. The van der Waals surface area contributed by atoms with Crippen LogP contribution >= 0.6 is 0 Å². The molecule has 1 aromatic heterocycles. The van der Waals surface area contributed by atoms with Crippen molar-refractivity contribution in [3.63, 3.8) is 0 Å². The van der Waals surface area contributed by atoms with Crippen LogP contribution in [0, 0.1) is 0 Å². The number of aromatic amines is 1. The molecule has 8 nitrogen and oxygen atoms in total. The SMILES string of the molecule is CC(=O)c1ccc(-c2cn([C@H]3C[C@H](O)[C@@H](CO)O3)c(=O)[nH]c2=O)cc1. The second-order valence-electron chi connectivity index (χ2n) is 5.96. The van der Waals surface area contributed by atoms with E-state index in [0.29, 0.717) is 11.1 Å². The van der Waals surface area contributed by atoms with Crippen LogP contribution in [0.25, 0.3) is 11.1 Å². The van der Waals surface area contributed by atoms with E-state index >= 15 is 0 Å². The number of hydrogen-bond acceptors (Lipinski definition) is 6. The lowest BCUT2D eigenvalue weighted by Gasteiger charge is -2.15. The number of H-pyrrole nitrogens is 1. The van der Waals surface area contributed by atoms with E-state index in [4.69, 9.17) is 9.84 Å². The van der Waals surface area contributed by atoms with E-state index in [9.17, 15) is 19.5 Å². The van der Waals surface area contributed by atoms with E-state index < -0.39 is 29.7 Å². The molecule has 132 valence electrons. The summed E-state index contributed by atoms with van der Waals surface area (Å²) in [5, 5.41) is 19.0. The maximum Gasteiger partial charge on any atom is 0.330 e. The van der Waals surface area contributed by atoms with Crippen molar-refractivity contribution in [2.45, 2.75) is 31.8 Å². The molecule has 0 amide bonds. The second-order valence-corrected chi connectivity index (χ2v) is 5.96. The van der Waals surface area contributed by atoms with Crippen LogP contribution in [-0.2, 0) is 4.74 Å². The van der Waals surface area contributed by atoms with Gasteiger partial charge in [-0.3, -0.25) is 19.1 Å². The third-order valence-electron chi connectivity index (χ3n) is 4.26. The molecule has 1 aromatic carbocycles. The third-order valence-corrected chi connectivity index (χ3v) is 4.26. The summed E-state index contributed by atoms with van der Waals surface area (Å²) in [7, 11) is 0. The Balaban J connectivity index is 2.00. The van der Waals surface area contributed by atoms with Gasteiger partial charge in [-0.25, -0.2) is 4.79 Å². The summed E-state index contributed by atoms with van der Waals surface area (Å²) < 4.78 is 6.66. The zero-order chi connectivity index (χ0) is 18.1. The second kappa shape index (κ2) is 6.75. The van der Waals surface area contributed by atoms with E-state index in [-0.39, 0.29) is 24.4 Å². The van der Waals surface area contributed by atoms with E-state index in [0.717, 1.165) is 0 Å². The van der Waals surface area contributed by atoms with Crippen LogP contribution in [0.2, 0.25) is 0 Å². The lowest BCUT2D eigenvalue weighted by Crippen LogP contribution is -2.33.